The number of nitrogens with one attached hydrogen (secondary N) is 1. The van der Waals surface area contributed by atoms with Gasteiger partial charge < -0.3 is 23.9 Å². The van der Waals surface area contributed by atoms with Gasteiger partial charge in [0.1, 0.15) is 11.6 Å². The van der Waals surface area contributed by atoms with Crippen molar-refractivity contribution in [3.63, 3.8) is 0 Å². The van der Waals surface area contributed by atoms with Crippen LogP contribution in [0.2, 0.25) is 0 Å². The van der Waals surface area contributed by atoms with E-state index < -0.39 is 30.5 Å². The van der Waals surface area contributed by atoms with Crippen LogP contribution in [0.5, 0.6) is 5.75 Å². The Morgan fingerprint density at radius 1 is 1.15 bits per heavy atom. The van der Waals surface area contributed by atoms with Crippen molar-refractivity contribution in [1.82, 2.24) is 15.5 Å². The molecule has 0 spiro atoms. The van der Waals surface area contributed by atoms with Crippen LogP contribution in [0.1, 0.15) is 43.1 Å². The Hall–Kier alpha value is -2.77. The number of alkyl halides is 3. The molecule has 0 unspecified atom stereocenters. The predicted molar refractivity (Wildman–Crippen MR) is 105 cm³/mol. The number of hydrogen-bond donors (Lipinski definition) is 1. The molecule has 1 amide bonds. The molecule has 1 saturated heterocycles. The highest BCUT2D eigenvalue weighted by molar-refractivity contribution is 5.77. The zero-order chi connectivity index (χ0) is 24.3. The lowest BCUT2D eigenvalue weighted by Gasteiger charge is -2.34. The van der Waals surface area contributed by atoms with E-state index in [9.17, 15) is 22.4 Å². The molecular formula is C21H23F4N3O6. The summed E-state index contributed by atoms with van der Waals surface area (Å²) < 4.78 is 76.0. The second kappa shape index (κ2) is 10.2. The van der Waals surface area contributed by atoms with Crippen LogP contribution in [0.25, 0.3) is 0 Å². The van der Waals surface area contributed by atoms with E-state index in [4.69, 9.17) is 18.6 Å². The molecule has 1 saturated carbocycles. The van der Waals surface area contributed by atoms with Crippen LogP contribution in [-0.2, 0) is 19.0 Å². The molecule has 1 aliphatic carbocycles. The third-order valence-electron chi connectivity index (χ3n) is 5.63. The van der Waals surface area contributed by atoms with E-state index in [1.54, 1.807) is 0 Å². The van der Waals surface area contributed by atoms with E-state index in [1.807, 2.05) is 0 Å². The molecule has 1 aliphatic heterocycles. The van der Waals surface area contributed by atoms with Crippen molar-refractivity contribution in [3.8, 4) is 5.75 Å². The molecule has 2 heterocycles. The van der Waals surface area contributed by atoms with Crippen LogP contribution in [-0.4, -0.2) is 61.0 Å². The number of nitrogens with zero attached hydrogens (tertiary/aromatic N) is 2. The highest BCUT2D eigenvalue weighted by Crippen LogP contribution is 2.41. The Balaban J connectivity index is 1.25. The van der Waals surface area contributed by atoms with E-state index >= 15 is 0 Å². The van der Waals surface area contributed by atoms with Gasteiger partial charge >= 0.3 is 6.36 Å². The van der Waals surface area contributed by atoms with Gasteiger partial charge in [0.15, 0.2) is 12.7 Å². The van der Waals surface area contributed by atoms with Crippen molar-refractivity contribution in [2.24, 2.45) is 0 Å². The smallest absolute Gasteiger partial charge is 0.484 e. The number of hydrogen-bond acceptors (Lipinski definition) is 8. The monoisotopic (exact) mass is 489 g/mol. The molecule has 4 rings (SSSR count). The van der Waals surface area contributed by atoms with Crippen LogP contribution >= 0.6 is 0 Å². The van der Waals surface area contributed by atoms with Gasteiger partial charge in [-0.3, -0.25) is 9.53 Å². The standard InChI is InChI=1S/C21H23F4N3O6/c1-30-16-8-13(26-17(29)10-31-14-4-2-12(22)3-5-14)9-32-18(16)20-28-27-19(33-20)11-6-15(7-11)34-21(23,24)25/h2-5,11,13,15-16,18H,6-10H2,1H3,(H,26,29)/t11?,13-,15?,16-,18+/m0/s1. The number of carbonyl (C=O) groups is 1. The number of benzene rings is 1. The Morgan fingerprint density at radius 3 is 2.53 bits per heavy atom. The molecule has 9 nitrogen and oxygen atoms in total. The summed E-state index contributed by atoms with van der Waals surface area (Å²) in [5.41, 5.74) is 0. The SMILES string of the molecule is CO[C@H]1C[C@H](NC(=O)COc2ccc(F)cc2)CO[C@H]1c1nnc(C2CC(OC(F)(F)F)C2)o1. The Kier molecular flexibility index (Phi) is 7.33. The zero-order valence-corrected chi connectivity index (χ0v) is 18.1. The summed E-state index contributed by atoms with van der Waals surface area (Å²) in [7, 11) is 1.48. The number of amides is 1. The van der Waals surface area contributed by atoms with Gasteiger partial charge in [-0.15, -0.1) is 23.4 Å². The third kappa shape index (κ3) is 6.21. The van der Waals surface area contributed by atoms with Gasteiger partial charge in [0.05, 0.1) is 24.9 Å². The zero-order valence-electron chi connectivity index (χ0n) is 18.1. The lowest BCUT2D eigenvalue weighted by Crippen LogP contribution is -2.48. The Labute approximate surface area is 191 Å². The van der Waals surface area contributed by atoms with Gasteiger partial charge in [0, 0.05) is 13.0 Å². The maximum absolute atomic E-state index is 12.9. The first-order valence-electron chi connectivity index (χ1n) is 10.6. The number of rotatable bonds is 8. The van der Waals surface area contributed by atoms with E-state index in [-0.39, 0.29) is 55.7 Å². The molecule has 3 atom stereocenters. The minimum atomic E-state index is -4.67. The van der Waals surface area contributed by atoms with Gasteiger partial charge in [0.2, 0.25) is 11.8 Å². The molecule has 2 fully saturated rings. The molecule has 34 heavy (non-hydrogen) atoms. The quantitative estimate of drug-likeness (QED) is 0.565. The minimum Gasteiger partial charge on any atom is -0.484 e. The topological polar surface area (TPSA) is 105 Å². The van der Waals surface area contributed by atoms with Gasteiger partial charge in [-0.2, -0.15) is 0 Å². The molecule has 1 N–H and O–H groups in total. The van der Waals surface area contributed by atoms with Crippen LogP contribution < -0.4 is 10.1 Å². The molecular weight excluding hydrogens is 466 g/mol. The summed E-state index contributed by atoms with van der Waals surface area (Å²) in [4.78, 5) is 12.2. The van der Waals surface area contributed by atoms with E-state index in [0.29, 0.717) is 12.2 Å². The summed E-state index contributed by atoms with van der Waals surface area (Å²) >= 11 is 0. The lowest BCUT2D eigenvalue weighted by atomic mass is 9.82. The molecule has 2 aromatic rings. The summed E-state index contributed by atoms with van der Waals surface area (Å²) in [5, 5.41) is 10.7. The van der Waals surface area contributed by atoms with E-state index in [0.717, 1.165) is 0 Å². The van der Waals surface area contributed by atoms with Crippen molar-refractivity contribution >= 4 is 5.91 Å². The number of ether oxygens (including phenoxy) is 4. The largest absolute Gasteiger partial charge is 0.522 e. The van der Waals surface area contributed by atoms with Crippen molar-refractivity contribution in [3.05, 3.63) is 41.9 Å². The molecule has 0 radical (unpaired) electrons. The van der Waals surface area contributed by atoms with Crippen LogP contribution in [0.15, 0.2) is 28.7 Å². The first-order valence-corrected chi connectivity index (χ1v) is 10.6. The number of carbonyl (C=O) groups excluding carboxylic acids is 1. The Bertz CT molecular complexity index is 964. The van der Waals surface area contributed by atoms with Crippen molar-refractivity contribution in [1.29, 1.82) is 0 Å². The average molecular weight is 489 g/mol. The summed E-state index contributed by atoms with van der Waals surface area (Å²) in [6.45, 7) is -0.105. The minimum absolute atomic E-state index is 0.133. The maximum Gasteiger partial charge on any atom is 0.522 e. The first-order chi connectivity index (χ1) is 16.2. The Morgan fingerprint density at radius 2 is 1.85 bits per heavy atom. The van der Waals surface area contributed by atoms with Crippen molar-refractivity contribution < 1.29 is 45.7 Å². The van der Waals surface area contributed by atoms with Crippen molar-refractivity contribution in [2.45, 2.75) is 55.9 Å². The second-order valence-corrected chi connectivity index (χ2v) is 8.10. The fourth-order valence-electron chi connectivity index (χ4n) is 3.88. The maximum atomic E-state index is 12.9. The second-order valence-electron chi connectivity index (χ2n) is 8.10. The molecule has 2 aliphatic rings. The number of aromatic nitrogens is 2. The summed E-state index contributed by atoms with van der Waals surface area (Å²) in [6.07, 6.45) is -6.12. The van der Waals surface area contributed by atoms with Crippen molar-refractivity contribution in [2.75, 3.05) is 20.3 Å². The highest BCUT2D eigenvalue weighted by atomic mass is 19.4. The van der Waals surface area contributed by atoms with E-state index in [1.165, 1.54) is 31.4 Å². The normalized spacial score (nSPS) is 27.1. The fourth-order valence-corrected chi connectivity index (χ4v) is 3.88. The molecule has 0 bridgehead atoms. The van der Waals surface area contributed by atoms with Gasteiger partial charge in [-0.05, 0) is 43.5 Å². The van der Waals surface area contributed by atoms with Gasteiger partial charge in [-0.25, -0.2) is 4.39 Å². The van der Waals surface area contributed by atoms with Gasteiger partial charge in [0.25, 0.3) is 5.91 Å². The number of halogens is 4. The third-order valence-corrected chi connectivity index (χ3v) is 5.63. The number of methoxy groups -OCH3 is 1. The lowest BCUT2D eigenvalue weighted by molar-refractivity contribution is -0.352. The van der Waals surface area contributed by atoms with Crippen LogP contribution in [0, 0.1) is 5.82 Å². The molecule has 186 valence electrons. The predicted octanol–water partition coefficient (Wildman–Crippen LogP) is 3.03. The van der Waals surface area contributed by atoms with Crippen LogP contribution in [0.4, 0.5) is 17.6 Å². The molecule has 1 aromatic heterocycles. The fraction of sp³-hybridized carbons (Fsp3) is 0.571. The summed E-state index contributed by atoms with van der Waals surface area (Å²) in [6, 6.07) is 4.94. The average Bonchev–Trinajstić information content (AvgIpc) is 3.24. The van der Waals surface area contributed by atoms with Gasteiger partial charge in [-0.1, -0.05) is 0 Å². The molecule has 1 aromatic carbocycles. The highest BCUT2D eigenvalue weighted by Gasteiger charge is 2.43. The summed E-state index contributed by atoms with van der Waals surface area (Å²) in [5.74, 6) is -0.355. The first kappa shape index (κ1) is 24.4. The van der Waals surface area contributed by atoms with E-state index in [2.05, 4.69) is 20.3 Å². The molecule has 13 heteroatoms. The van der Waals surface area contributed by atoms with Crippen LogP contribution in [0.3, 0.4) is 0 Å².